The molecule has 3 rings (SSSR count). The summed E-state index contributed by atoms with van der Waals surface area (Å²) in [6.45, 7) is 0.523. The molecule has 1 aromatic heterocycles. The van der Waals surface area contributed by atoms with Crippen LogP contribution < -0.4 is 5.32 Å². The molecule has 7 heteroatoms. The van der Waals surface area contributed by atoms with Crippen LogP contribution >= 0.6 is 24.2 Å². The van der Waals surface area contributed by atoms with Gasteiger partial charge in [0.2, 0.25) is 0 Å². The lowest BCUT2D eigenvalue weighted by Crippen LogP contribution is -2.17. The van der Waals surface area contributed by atoms with E-state index in [0.717, 1.165) is 11.3 Å². The van der Waals surface area contributed by atoms with Crippen LogP contribution in [0.2, 0.25) is 5.02 Å². The topological polar surface area (TPSA) is 63.0 Å². The van der Waals surface area contributed by atoms with Gasteiger partial charge in [-0.05, 0) is 12.1 Å². The second kappa shape index (κ2) is 5.22. The molecule has 0 spiro atoms. The molecule has 2 N–H and O–H groups in total. The van der Waals surface area contributed by atoms with Gasteiger partial charge >= 0.3 is 0 Å². The number of dihydropyridines is 1. The fourth-order valence-electron chi connectivity index (χ4n) is 2.00. The Kier molecular flexibility index (Phi) is 3.42. The minimum absolute atomic E-state index is 0.0944. The molecule has 0 bridgehead atoms. The third-order valence-electron chi connectivity index (χ3n) is 2.89. The first-order valence-corrected chi connectivity index (χ1v) is 6.73. The van der Waals surface area contributed by atoms with E-state index in [1.54, 1.807) is 16.7 Å². The fraction of sp³-hybridized carbons (Fsp3) is 0.0769. The lowest BCUT2D eigenvalue weighted by atomic mass is 10.2. The molecule has 2 heterocycles. The molecule has 0 amide bonds. The molecule has 0 radical (unpaired) electrons. The highest BCUT2D eigenvalue weighted by atomic mass is 35.5. The maximum atomic E-state index is 9.57. The van der Waals surface area contributed by atoms with Crippen molar-refractivity contribution in [3.05, 3.63) is 53.1 Å². The van der Waals surface area contributed by atoms with Crippen molar-refractivity contribution in [2.45, 2.75) is 5.16 Å². The molecule has 0 aliphatic carbocycles. The number of allylic oxidation sites excluding steroid dienone is 2. The fourth-order valence-corrected chi connectivity index (χ4v) is 2.46. The highest BCUT2D eigenvalue weighted by Crippen LogP contribution is 2.27. The third-order valence-corrected chi connectivity index (χ3v) is 3.50. The average molecular weight is 307 g/mol. The zero-order chi connectivity index (χ0) is 14.1. The molecule has 1 aliphatic heterocycles. The smallest absolute Gasteiger partial charge is 0.193 e. The standard InChI is InChI=1S/C13H11ClN4OS/c14-9-3-1-2-4-10(9)18-12(16-17-13(18)20)8-5-6-15-11(19)7-8/h1-5,7,15,19H,6H2,(H,17,20). The molecular formula is C13H11ClN4OS. The Morgan fingerprint density at radius 1 is 1.30 bits per heavy atom. The van der Waals surface area contributed by atoms with E-state index in [1.807, 2.05) is 24.3 Å². The van der Waals surface area contributed by atoms with Crippen LogP contribution in [0, 0.1) is 0 Å². The number of halogens is 1. The van der Waals surface area contributed by atoms with Gasteiger partial charge in [-0.25, -0.2) is 0 Å². The quantitative estimate of drug-likeness (QED) is 0.746. The van der Waals surface area contributed by atoms with E-state index < -0.39 is 0 Å². The summed E-state index contributed by atoms with van der Waals surface area (Å²) in [5.74, 6) is 0.674. The second-order valence-corrected chi connectivity index (χ2v) is 4.99. The summed E-state index contributed by atoms with van der Waals surface area (Å²) in [5.41, 5.74) is 1.50. The van der Waals surface area contributed by atoms with Crippen LogP contribution in [0.4, 0.5) is 0 Å². The first-order valence-electron chi connectivity index (χ1n) is 5.91. The lowest BCUT2D eigenvalue weighted by molar-refractivity contribution is 0.369. The molecule has 5 nitrogen and oxygen atoms in total. The van der Waals surface area contributed by atoms with Gasteiger partial charge in [0, 0.05) is 18.2 Å². The minimum Gasteiger partial charge on any atom is -0.495 e. The average Bonchev–Trinajstić information content (AvgIpc) is 2.81. The van der Waals surface area contributed by atoms with Crippen LogP contribution in [-0.4, -0.2) is 26.4 Å². The van der Waals surface area contributed by atoms with Crippen molar-refractivity contribution in [3.63, 3.8) is 0 Å². The van der Waals surface area contributed by atoms with Gasteiger partial charge in [0.1, 0.15) is 0 Å². The Balaban J connectivity index is 2.16. The van der Waals surface area contributed by atoms with E-state index in [2.05, 4.69) is 28.1 Å². The molecule has 2 aromatic rings. The zero-order valence-corrected chi connectivity index (χ0v) is 11.9. The van der Waals surface area contributed by atoms with E-state index in [4.69, 9.17) is 11.6 Å². The largest absolute Gasteiger partial charge is 0.495 e. The van der Waals surface area contributed by atoms with Crippen LogP contribution in [-0.2, 0) is 0 Å². The number of rotatable bonds is 2. The summed E-state index contributed by atoms with van der Waals surface area (Å²) in [6, 6.07) is 7.38. The number of benzene rings is 1. The van der Waals surface area contributed by atoms with Crippen LogP contribution in [0.15, 0.2) is 47.5 Å². The number of nitrogens with zero attached hydrogens (tertiary/aromatic N) is 3. The Morgan fingerprint density at radius 2 is 2.10 bits per heavy atom. The van der Waals surface area contributed by atoms with Gasteiger partial charge in [-0.15, -0.1) is 22.8 Å². The first kappa shape index (κ1) is 13.1. The first-order chi connectivity index (χ1) is 9.66. The molecule has 20 heavy (non-hydrogen) atoms. The SMILES string of the molecule is OC1=CC(c2nnc(S)n2-c2ccccc2Cl)=CCN1. The normalized spacial score (nSPS) is 14.5. The molecule has 0 atom stereocenters. The van der Waals surface area contributed by atoms with Gasteiger partial charge in [-0.3, -0.25) is 4.57 Å². The molecule has 1 aliphatic rings. The van der Waals surface area contributed by atoms with Gasteiger partial charge in [0.25, 0.3) is 0 Å². The third kappa shape index (κ3) is 2.28. The van der Waals surface area contributed by atoms with Crippen molar-refractivity contribution in [2.75, 3.05) is 6.54 Å². The van der Waals surface area contributed by atoms with Gasteiger partial charge in [-0.2, -0.15) is 0 Å². The number of thiol groups is 1. The maximum absolute atomic E-state index is 9.57. The van der Waals surface area contributed by atoms with Crippen molar-refractivity contribution in [3.8, 4) is 5.69 Å². The van der Waals surface area contributed by atoms with Crippen LogP contribution in [0.1, 0.15) is 5.82 Å². The van der Waals surface area contributed by atoms with Crippen molar-refractivity contribution in [2.24, 2.45) is 0 Å². The number of hydrogen-bond acceptors (Lipinski definition) is 5. The summed E-state index contributed by atoms with van der Waals surface area (Å²) in [5, 5.41) is 21.5. The summed E-state index contributed by atoms with van der Waals surface area (Å²) >= 11 is 10.5. The molecule has 1 aromatic carbocycles. The highest BCUT2D eigenvalue weighted by molar-refractivity contribution is 7.80. The van der Waals surface area contributed by atoms with E-state index >= 15 is 0 Å². The van der Waals surface area contributed by atoms with Crippen molar-refractivity contribution < 1.29 is 5.11 Å². The maximum Gasteiger partial charge on any atom is 0.193 e. The number of nitrogens with one attached hydrogen (secondary N) is 1. The zero-order valence-electron chi connectivity index (χ0n) is 10.3. The Hall–Kier alpha value is -1.92. The van der Waals surface area contributed by atoms with E-state index in [0.29, 0.717) is 22.5 Å². The number of para-hydroxylation sites is 1. The molecule has 0 saturated heterocycles. The summed E-state index contributed by atoms with van der Waals surface area (Å²) in [4.78, 5) is 0. The Labute approximate surface area is 126 Å². The number of aliphatic hydroxyl groups is 1. The number of aromatic nitrogens is 3. The van der Waals surface area contributed by atoms with Crippen molar-refractivity contribution in [1.29, 1.82) is 0 Å². The van der Waals surface area contributed by atoms with Crippen LogP contribution in [0.5, 0.6) is 0 Å². The summed E-state index contributed by atoms with van der Waals surface area (Å²) in [6.07, 6.45) is 3.50. The highest BCUT2D eigenvalue weighted by Gasteiger charge is 2.17. The van der Waals surface area contributed by atoms with Gasteiger partial charge in [0.05, 0.1) is 10.7 Å². The molecule has 102 valence electrons. The molecular weight excluding hydrogens is 296 g/mol. The van der Waals surface area contributed by atoms with Gasteiger partial charge in [-0.1, -0.05) is 29.8 Å². The Morgan fingerprint density at radius 3 is 2.85 bits per heavy atom. The van der Waals surface area contributed by atoms with Crippen molar-refractivity contribution in [1.82, 2.24) is 20.1 Å². The van der Waals surface area contributed by atoms with E-state index in [1.165, 1.54) is 0 Å². The van der Waals surface area contributed by atoms with Crippen LogP contribution in [0.25, 0.3) is 11.3 Å². The van der Waals surface area contributed by atoms with E-state index in [9.17, 15) is 5.11 Å². The Bertz CT molecular complexity index is 723. The van der Waals surface area contributed by atoms with Gasteiger partial charge < -0.3 is 10.4 Å². The van der Waals surface area contributed by atoms with E-state index in [-0.39, 0.29) is 5.88 Å². The summed E-state index contributed by atoms with van der Waals surface area (Å²) in [7, 11) is 0. The predicted octanol–water partition coefficient (Wildman–Crippen LogP) is 2.60. The number of hydrogen-bond donors (Lipinski definition) is 3. The minimum atomic E-state index is 0.0944. The molecule has 0 saturated carbocycles. The predicted molar refractivity (Wildman–Crippen MR) is 80.3 cm³/mol. The molecule has 0 fully saturated rings. The van der Waals surface area contributed by atoms with Gasteiger partial charge in [0.15, 0.2) is 16.9 Å². The van der Waals surface area contributed by atoms with Crippen molar-refractivity contribution >= 4 is 29.8 Å². The molecule has 0 unspecified atom stereocenters. The monoisotopic (exact) mass is 306 g/mol. The summed E-state index contributed by atoms with van der Waals surface area (Å²) < 4.78 is 1.74. The second-order valence-electron chi connectivity index (χ2n) is 4.18. The lowest BCUT2D eigenvalue weighted by Gasteiger charge is -2.14. The van der Waals surface area contributed by atoms with Crippen LogP contribution in [0.3, 0.4) is 0 Å². The number of aliphatic hydroxyl groups excluding tert-OH is 1.